The second-order valence-corrected chi connectivity index (χ2v) is 11.2. The number of nitrogens with one attached hydrogen (secondary N) is 1. The number of hydrogen-bond acceptors (Lipinski definition) is 6. The molecular formula is C22H20F5N5OS. The number of anilines is 1. The molecule has 5 heterocycles. The lowest BCUT2D eigenvalue weighted by Crippen LogP contribution is -2.74. The maximum Gasteiger partial charge on any atom is 0.393 e. The third-order valence-electron chi connectivity index (χ3n) is 7.50. The average Bonchev–Trinajstić information content (AvgIpc) is 3.35. The molecule has 1 aliphatic carbocycles. The quantitative estimate of drug-likeness (QED) is 0.659. The fourth-order valence-corrected chi connectivity index (χ4v) is 7.17. The van der Waals surface area contributed by atoms with Crippen LogP contribution in [0.25, 0.3) is 10.2 Å². The molecule has 12 heteroatoms. The molecule has 4 aliphatic rings. The molecule has 1 saturated carbocycles. The van der Waals surface area contributed by atoms with E-state index in [1.54, 1.807) is 4.90 Å². The van der Waals surface area contributed by atoms with E-state index < -0.39 is 30.5 Å². The van der Waals surface area contributed by atoms with Gasteiger partial charge in [-0.2, -0.15) is 18.4 Å². The van der Waals surface area contributed by atoms with Crippen LogP contribution in [0.5, 0.6) is 0 Å². The Labute approximate surface area is 195 Å². The van der Waals surface area contributed by atoms with E-state index in [0.717, 1.165) is 11.3 Å². The highest BCUT2D eigenvalue weighted by Crippen LogP contribution is 2.50. The molecule has 0 radical (unpaired) electrons. The first-order chi connectivity index (χ1) is 16.0. The number of nitrogens with zero attached hydrogens (tertiary/aromatic N) is 4. The maximum atomic E-state index is 14.1. The van der Waals surface area contributed by atoms with Crippen molar-refractivity contribution in [3.05, 3.63) is 22.7 Å². The molecule has 3 atom stereocenters. The van der Waals surface area contributed by atoms with E-state index in [-0.39, 0.29) is 28.7 Å². The number of amides is 1. The Morgan fingerprint density at radius 1 is 1.29 bits per heavy atom. The minimum absolute atomic E-state index is 0.136. The number of likely N-dealkylation sites (tertiary alicyclic amines) is 1. The highest BCUT2D eigenvalue weighted by atomic mass is 32.1. The number of alkyl halides is 5. The molecule has 34 heavy (non-hydrogen) atoms. The molecule has 2 bridgehead atoms. The lowest BCUT2D eigenvalue weighted by molar-refractivity contribution is -0.154. The van der Waals surface area contributed by atoms with Crippen LogP contribution in [0.4, 0.5) is 27.6 Å². The molecule has 6 nitrogen and oxygen atoms in total. The third kappa shape index (κ3) is 3.35. The van der Waals surface area contributed by atoms with Gasteiger partial charge in [0, 0.05) is 66.4 Å². The van der Waals surface area contributed by atoms with Crippen molar-refractivity contribution in [2.75, 3.05) is 31.1 Å². The van der Waals surface area contributed by atoms with Crippen molar-refractivity contribution < 1.29 is 26.7 Å². The number of hydrogen-bond donors (Lipinski definition) is 1. The molecule has 2 aromatic rings. The van der Waals surface area contributed by atoms with Crippen molar-refractivity contribution in [3.63, 3.8) is 0 Å². The number of rotatable bonds is 3. The van der Waals surface area contributed by atoms with Crippen LogP contribution in [0.15, 0.2) is 12.3 Å². The van der Waals surface area contributed by atoms with Gasteiger partial charge in [0.25, 0.3) is 5.92 Å². The monoisotopic (exact) mass is 497 g/mol. The number of carbonyl (C=O) groups excluding carboxylic acids is 1. The van der Waals surface area contributed by atoms with E-state index in [2.05, 4.69) is 16.4 Å². The molecular weight excluding hydrogens is 477 g/mol. The summed E-state index contributed by atoms with van der Waals surface area (Å²) in [7, 11) is 0. The Bertz CT molecular complexity index is 1220. The topological polar surface area (TPSA) is 72.3 Å². The fraction of sp³-hybridized carbons (Fsp3) is 0.591. The van der Waals surface area contributed by atoms with Crippen molar-refractivity contribution in [2.24, 2.45) is 11.3 Å². The van der Waals surface area contributed by atoms with E-state index in [9.17, 15) is 32.0 Å². The second-order valence-electron chi connectivity index (χ2n) is 10.1. The summed E-state index contributed by atoms with van der Waals surface area (Å²) in [5.74, 6) is -4.04. The van der Waals surface area contributed by atoms with Crippen molar-refractivity contribution in [3.8, 4) is 6.07 Å². The minimum atomic E-state index is -4.33. The van der Waals surface area contributed by atoms with Crippen LogP contribution in [0.2, 0.25) is 0 Å². The van der Waals surface area contributed by atoms with Crippen LogP contribution in [-0.4, -0.2) is 66.2 Å². The van der Waals surface area contributed by atoms with Crippen LogP contribution >= 0.6 is 11.3 Å². The highest BCUT2D eigenvalue weighted by molar-refractivity contribution is 7.18. The molecule has 1 spiro atoms. The summed E-state index contributed by atoms with van der Waals surface area (Å²) in [6, 6.07) is 2.38. The van der Waals surface area contributed by atoms with Crippen LogP contribution in [0, 0.1) is 22.7 Å². The molecule has 3 saturated heterocycles. The van der Waals surface area contributed by atoms with Crippen molar-refractivity contribution in [2.45, 2.75) is 43.4 Å². The van der Waals surface area contributed by atoms with Gasteiger partial charge in [-0.05, 0) is 12.5 Å². The van der Waals surface area contributed by atoms with Gasteiger partial charge in [-0.25, -0.2) is 13.8 Å². The van der Waals surface area contributed by atoms with Crippen LogP contribution in [0.3, 0.4) is 0 Å². The van der Waals surface area contributed by atoms with Crippen molar-refractivity contribution in [1.29, 1.82) is 5.26 Å². The summed E-state index contributed by atoms with van der Waals surface area (Å²) in [6.45, 7) is 1.97. The molecule has 1 amide bonds. The number of pyridine rings is 1. The molecule has 0 aromatic carbocycles. The van der Waals surface area contributed by atoms with Crippen LogP contribution in [-0.2, 0) is 11.2 Å². The Morgan fingerprint density at radius 3 is 2.65 bits per heavy atom. The van der Waals surface area contributed by atoms with Gasteiger partial charge in [0.05, 0.1) is 23.7 Å². The van der Waals surface area contributed by atoms with Gasteiger partial charge in [-0.1, -0.05) is 0 Å². The summed E-state index contributed by atoms with van der Waals surface area (Å²) in [6.07, 6.45) is -3.89. The molecule has 2 aromatic heterocycles. The summed E-state index contributed by atoms with van der Waals surface area (Å²) >= 11 is 0.965. The third-order valence-corrected chi connectivity index (χ3v) is 8.54. The Hall–Kier alpha value is -2.52. The van der Waals surface area contributed by atoms with E-state index in [0.29, 0.717) is 54.1 Å². The van der Waals surface area contributed by atoms with Gasteiger partial charge in [0.1, 0.15) is 10.9 Å². The summed E-state index contributed by atoms with van der Waals surface area (Å²) in [4.78, 5) is 21.2. The van der Waals surface area contributed by atoms with Crippen molar-refractivity contribution in [1.82, 2.24) is 15.2 Å². The average molecular weight is 497 g/mol. The summed E-state index contributed by atoms with van der Waals surface area (Å²) in [5.41, 5.74) is 0.671. The normalized spacial score (nSPS) is 28.8. The maximum absolute atomic E-state index is 14.1. The van der Waals surface area contributed by atoms with Gasteiger partial charge >= 0.3 is 6.18 Å². The number of nitriles is 1. The largest absolute Gasteiger partial charge is 0.393 e. The van der Waals surface area contributed by atoms with Gasteiger partial charge in [-0.3, -0.25) is 4.79 Å². The number of fused-ring (bicyclic) bond motifs is 3. The number of aromatic nitrogens is 1. The second kappa shape index (κ2) is 7.01. The Kier molecular flexibility index (Phi) is 4.53. The minimum Gasteiger partial charge on any atom is -0.368 e. The van der Waals surface area contributed by atoms with E-state index in [1.807, 2.05) is 4.90 Å². The summed E-state index contributed by atoms with van der Waals surface area (Å²) < 4.78 is 66.7. The zero-order chi connectivity index (χ0) is 24.0. The molecule has 0 unspecified atom stereocenters. The first-order valence-corrected chi connectivity index (χ1v) is 11.8. The Morgan fingerprint density at radius 2 is 2.03 bits per heavy atom. The number of thiophene rings is 1. The van der Waals surface area contributed by atoms with Gasteiger partial charge < -0.3 is 15.1 Å². The lowest BCUT2D eigenvalue weighted by Gasteiger charge is -2.61. The predicted molar refractivity (Wildman–Crippen MR) is 114 cm³/mol. The van der Waals surface area contributed by atoms with Crippen LogP contribution in [0.1, 0.15) is 23.3 Å². The molecule has 180 valence electrons. The molecule has 6 rings (SSSR count). The SMILES string of the molecule is N#Cc1cnc2sc(CC(F)(F)F)cc2c1N1CC2(CN(C(=O)[C@H]3N[C@H]4C[C@@H]3C(F)(F)C4)C2)C1. The zero-order valence-electron chi connectivity index (χ0n) is 17.8. The van der Waals surface area contributed by atoms with Crippen molar-refractivity contribution >= 4 is 33.1 Å². The Balaban J connectivity index is 1.16. The molecule has 4 fully saturated rings. The smallest absolute Gasteiger partial charge is 0.368 e. The van der Waals surface area contributed by atoms with E-state index >= 15 is 0 Å². The lowest BCUT2D eigenvalue weighted by atomic mass is 9.72. The van der Waals surface area contributed by atoms with Gasteiger partial charge in [0.15, 0.2) is 0 Å². The standard InChI is InChI=1S/C22H20F5N5OS/c23-21(24)3-12-1-15(21)16(30-12)19(33)32-9-20(10-32)7-31(8-20)17-11(5-28)6-29-18-14(17)2-13(34-18)4-22(25,26)27/h2,6,12,15-16,30H,1,3-4,7-10H2/t12-,15-,16-/m0/s1. The first-order valence-electron chi connectivity index (χ1n) is 11.0. The number of piperidine rings is 1. The fourth-order valence-electron chi connectivity index (χ4n) is 6.13. The number of halogens is 5. The highest BCUT2D eigenvalue weighted by Gasteiger charge is 2.62. The van der Waals surface area contributed by atoms with E-state index in [1.165, 1.54) is 12.3 Å². The number of carbonyl (C=O) groups is 1. The van der Waals surface area contributed by atoms with Crippen LogP contribution < -0.4 is 10.2 Å². The first kappa shape index (κ1) is 22.0. The summed E-state index contributed by atoms with van der Waals surface area (Å²) in [5, 5.41) is 13.1. The van der Waals surface area contributed by atoms with E-state index in [4.69, 9.17) is 0 Å². The molecule has 3 aliphatic heterocycles. The van der Waals surface area contributed by atoms with Gasteiger partial charge in [0.2, 0.25) is 5.91 Å². The zero-order valence-corrected chi connectivity index (χ0v) is 18.6. The van der Waals surface area contributed by atoms with Gasteiger partial charge in [-0.15, -0.1) is 11.3 Å². The predicted octanol–water partition coefficient (Wildman–Crippen LogP) is 3.31. The molecule has 1 N–H and O–H groups in total.